The molecule has 0 unspecified atom stereocenters. The SMILES string of the molecule is COC[C@@H](C)N1C[C@@H](C(=O)Nc2cc([N+](=O)[O-])ccc2C)CC1=O. The lowest BCUT2D eigenvalue weighted by Gasteiger charge is -2.24. The van der Waals surface area contributed by atoms with E-state index in [1.165, 1.54) is 12.1 Å². The number of nitrogens with zero attached hydrogens (tertiary/aromatic N) is 2. The summed E-state index contributed by atoms with van der Waals surface area (Å²) in [7, 11) is 1.56. The molecule has 2 amide bonds. The molecule has 0 radical (unpaired) electrons. The third kappa shape index (κ3) is 3.88. The van der Waals surface area contributed by atoms with Crippen LogP contribution in [0.3, 0.4) is 0 Å². The van der Waals surface area contributed by atoms with Crippen LogP contribution in [0.5, 0.6) is 0 Å². The Morgan fingerprint density at radius 2 is 2.25 bits per heavy atom. The van der Waals surface area contributed by atoms with Gasteiger partial charge in [-0.1, -0.05) is 6.07 Å². The quantitative estimate of drug-likeness (QED) is 0.630. The van der Waals surface area contributed by atoms with Gasteiger partial charge in [-0.2, -0.15) is 0 Å². The molecule has 0 aliphatic carbocycles. The topological polar surface area (TPSA) is 102 Å². The number of methoxy groups -OCH3 is 1. The molecule has 0 bridgehead atoms. The molecule has 1 aromatic rings. The van der Waals surface area contributed by atoms with Crippen molar-refractivity contribution in [3.8, 4) is 0 Å². The zero-order chi connectivity index (χ0) is 17.9. The van der Waals surface area contributed by atoms with Crippen LogP contribution in [-0.2, 0) is 14.3 Å². The summed E-state index contributed by atoms with van der Waals surface area (Å²) in [6.07, 6.45) is 0.133. The minimum atomic E-state index is -0.512. The molecule has 0 saturated carbocycles. The lowest BCUT2D eigenvalue weighted by Crippen LogP contribution is -2.38. The molecule has 1 heterocycles. The van der Waals surface area contributed by atoms with Crippen molar-refractivity contribution in [2.24, 2.45) is 5.92 Å². The van der Waals surface area contributed by atoms with Crippen molar-refractivity contribution in [3.05, 3.63) is 33.9 Å². The predicted octanol–water partition coefficient (Wildman–Crippen LogP) is 1.73. The smallest absolute Gasteiger partial charge is 0.271 e. The summed E-state index contributed by atoms with van der Waals surface area (Å²) in [6, 6.07) is 4.20. The van der Waals surface area contributed by atoms with Crippen molar-refractivity contribution >= 4 is 23.2 Å². The highest BCUT2D eigenvalue weighted by atomic mass is 16.6. The number of carbonyl (C=O) groups is 2. The Kier molecular flexibility index (Phi) is 5.50. The number of hydrogen-bond donors (Lipinski definition) is 1. The molecule has 1 N–H and O–H groups in total. The highest BCUT2D eigenvalue weighted by Gasteiger charge is 2.36. The highest BCUT2D eigenvalue weighted by Crippen LogP contribution is 2.25. The van der Waals surface area contributed by atoms with Crippen molar-refractivity contribution in [2.45, 2.75) is 26.3 Å². The minimum Gasteiger partial charge on any atom is -0.383 e. The number of rotatable bonds is 6. The molecule has 2 atom stereocenters. The molecular formula is C16H21N3O5. The molecular weight excluding hydrogens is 314 g/mol. The number of carbonyl (C=O) groups excluding carboxylic acids is 2. The first kappa shape index (κ1) is 17.9. The Morgan fingerprint density at radius 1 is 1.54 bits per heavy atom. The van der Waals surface area contributed by atoms with E-state index in [1.54, 1.807) is 25.0 Å². The van der Waals surface area contributed by atoms with Crippen molar-refractivity contribution in [1.82, 2.24) is 4.90 Å². The van der Waals surface area contributed by atoms with Gasteiger partial charge in [-0.3, -0.25) is 19.7 Å². The highest BCUT2D eigenvalue weighted by molar-refractivity contribution is 5.97. The molecule has 0 spiro atoms. The zero-order valence-electron chi connectivity index (χ0n) is 13.9. The van der Waals surface area contributed by atoms with Crippen molar-refractivity contribution in [3.63, 3.8) is 0 Å². The van der Waals surface area contributed by atoms with Crippen LogP contribution in [0.25, 0.3) is 0 Å². The summed E-state index contributed by atoms with van der Waals surface area (Å²) in [4.78, 5) is 36.5. The standard InChI is InChI=1S/C16H21N3O5/c1-10-4-5-13(19(22)23)7-14(10)17-16(21)12-6-15(20)18(8-12)11(2)9-24-3/h4-5,7,11-12H,6,8-9H2,1-3H3,(H,17,21)/t11-,12+/m1/s1. The molecule has 8 heteroatoms. The van der Waals surface area contributed by atoms with Crippen LogP contribution in [0, 0.1) is 23.0 Å². The summed E-state index contributed by atoms with van der Waals surface area (Å²) in [6.45, 7) is 4.35. The van der Waals surface area contributed by atoms with E-state index >= 15 is 0 Å². The number of ether oxygens (including phenoxy) is 1. The summed E-state index contributed by atoms with van der Waals surface area (Å²) >= 11 is 0. The first-order valence-electron chi connectivity index (χ1n) is 7.67. The summed E-state index contributed by atoms with van der Waals surface area (Å²) in [5, 5.41) is 13.6. The molecule has 24 heavy (non-hydrogen) atoms. The molecule has 130 valence electrons. The van der Waals surface area contributed by atoms with Crippen LogP contribution >= 0.6 is 0 Å². The van der Waals surface area contributed by atoms with Gasteiger partial charge in [-0.25, -0.2) is 0 Å². The van der Waals surface area contributed by atoms with E-state index in [0.29, 0.717) is 18.8 Å². The van der Waals surface area contributed by atoms with E-state index in [2.05, 4.69) is 5.32 Å². The number of hydrogen-bond acceptors (Lipinski definition) is 5. The van der Waals surface area contributed by atoms with E-state index in [0.717, 1.165) is 5.56 Å². The maximum Gasteiger partial charge on any atom is 0.271 e. The van der Waals surface area contributed by atoms with Gasteiger partial charge in [0.1, 0.15) is 0 Å². The Balaban J connectivity index is 2.07. The molecule has 1 saturated heterocycles. The lowest BCUT2D eigenvalue weighted by molar-refractivity contribution is -0.384. The Bertz CT molecular complexity index is 661. The Hall–Kier alpha value is -2.48. The number of nitro benzene ring substituents is 1. The van der Waals surface area contributed by atoms with E-state index in [9.17, 15) is 19.7 Å². The number of benzene rings is 1. The van der Waals surface area contributed by atoms with Crippen molar-refractivity contribution in [2.75, 3.05) is 25.6 Å². The maximum atomic E-state index is 12.4. The van der Waals surface area contributed by atoms with Crippen molar-refractivity contribution < 1.29 is 19.2 Å². The van der Waals surface area contributed by atoms with E-state index in [4.69, 9.17) is 4.74 Å². The second-order valence-electron chi connectivity index (χ2n) is 6.00. The minimum absolute atomic E-state index is 0.0875. The predicted molar refractivity (Wildman–Crippen MR) is 87.6 cm³/mol. The number of nitrogens with one attached hydrogen (secondary N) is 1. The molecule has 0 aromatic heterocycles. The van der Waals surface area contributed by atoms with Crippen LogP contribution in [0.1, 0.15) is 18.9 Å². The van der Waals surface area contributed by atoms with Crippen molar-refractivity contribution in [1.29, 1.82) is 0 Å². The summed E-state index contributed by atoms with van der Waals surface area (Å²) < 4.78 is 5.05. The maximum absolute atomic E-state index is 12.4. The number of non-ortho nitro benzene ring substituents is 1. The molecule has 8 nitrogen and oxygen atoms in total. The molecule has 1 aliphatic rings. The second kappa shape index (κ2) is 7.39. The molecule has 2 rings (SSSR count). The van der Waals surface area contributed by atoms with E-state index in [-0.39, 0.29) is 30.0 Å². The summed E-state index contributed by atoms with van der Waals surface area (Å²) in [5.41, 5.74) is 1.03. The second-order valence-corrected chi connectivity index (χ2v) is 6.00. The average Bonchev–Trinajstić information content (AvgIpc) is 2.91. The monoisotopic (exact) mass is 335 g/mol. The van der Waals surface area contributed by atoms with Gasteiger partial charge >= 0.3 is 0 Å². The number of likely N-dealkylation sites (tertiary alicyclic amines) is 1. The van der Waals surface area contributed by atoms with Gasteiger partial charge in [-0.05, 0) is 19.4 Å². The normalized spacial score (nSPS) is 18.5. The van der Waals surface area contributed by atoms with Crippen LogP contribution in [0.15, 0.2) is 18.2 Å². The van der Waals surface area contributed by atoms with Crippen LogP contribution < -0.4 is 5.32 Å². The number of aryl methyl sites for hydroxylation is 1. The third-order valence-corrected chi connectivity index (χ3v) is 4.16. The molecule has 1 aromatic carbocycles. The number of amides is 2. The van der Waals surface area contributed by atoms with Gasteiger partial charge in [0.05, 0.1) is 29.2 Å². The lowest BCUT2D eigenvalue weighted by atomic mass is 10.1. The number of nitro groups is 1. The zero-order valence-corrected chi connectivity index (χ0v) is 13.9. The van der Waals surface area contributed by atoms with Gasteiger partial charge in [-0.15, -0.1) is 0 Å². The van der Waals surface area contributed by atoms with Gasteiger partial charge in [0, 0.05) is 32.2 Å². The van der Waals surface area contributed by atoms with E-state index in [1.807, 2.05) is 6.92 Å². The number of anilines is 1. The fourth-order valence-corrected chi connectivity index (χ4v) is 2.76. The molecule has 1 aliphatic heterocycles. The fraction of sp³-hybridized carbons (Fsp3) is 0.500. The van der Waals surface area contributed by atoms with Gasteiger partial charge in [0.15, 0.2) is 0 Å². The third-order valence-electron chi connectivity index (χ3n) is 4.16. The van der Waals surface area contributed by atoms with Gasteiger partial charge in [0.2, 0.25) is 11.8 Å². The first-order chi connectivity index (χ1) is 11.3. The first-order valence-corrected chi connectivity index (χ1v) is 7.67. The fourth-order valence-electron chi connectivity index (χ4n) is 2.76. The largest absolute Gasteiger partial charge is 0.383 e. The molecule has 1 fully saturated rings. The van der Waals surface area contributed by atoms with Crippen LogP contribution in [0.4, 0.5) is 11.4 Å². The Morgan fingerprint density at radius 3 is 2.88 bits per heavy atom. The average molecular weight is 335 g/mol. The summed E-state index contributed by atoms with van der Waals surface area (Å²) in [5.74, 6) is -0.870. The Labute approximate surface area is 139 Å². The van der Waals surface area contributed by atoms with Crippen LogP contribution in [-0.4, -0.2) is 47.9 Å². The van der Waals surface area contributed by atoms with E-state index < -0.39 is 10.8 Å². The van der Waals surface area contributed by atoms with Gasteiger partial charge < -0.3 is 15.0 Å². The van der Waals surface area contributed by atoms with Gasteiger partial charge in [0.25, 0.3) is 5.69 Å². The van der Waals surface area contributed by atoms with Crippen LogP contribution in [0.2, 0.25) is 0 Å².